The number of carbonyl (C=O) groups is 1. The van der Waals surface area contributed by atoms with Gasteiger partial charge in [-0.1, -0.05) is 0 Å². The van der Waals surface area contributed by atoms with Crippen LogP contribution in [-0.4, -0.2) is 22.0 Å². The van der Waals surface area contributed by atoms with Gasteiger partial charge in [0.25, 0.3) is 5.56 Å². The summed E-state index contributed by atoms with van der Waals surface area (Å²) in [5.74, 6) is 0.369. The summed E-state index contributed by atoms with van der Waals surface area (Å²) in [5.41, 5.74) is 0.551. The molecule has 6 nitrogen and oxygen atoms in total. The van der Waals surface area contributed by atoms with Crippen LogP contribution in [0.25, 0.3) is 6.08 Å². The summed E-state index contributed by atoms with van der Waals surface area (Å²) >= 11 is 0. The molecule has 0 radical (unpaired) electrons. The second-order valence-electron chi connectivity index (χ2n) is 4.20. The number of furan rings is 1. The van der Waals surface area contributed by atoms with E-state index in [0.717, 1.165) is 0 Å². The number of rotatable bonds is 5. The molecule has 0 bridgehead atoms. The highest BCUT2D eigenvalue weighted by Gasteiger charge is 1.99. The first-order valence-electron chi connectivity index (χ1n) is 6.17. The Morgan fingerprint density at radius 1 is 1.55 bits per heavy atom. The van der Waals surface area contributed by atoms with Gasteiger partial charge in [0.05, 0.1) is 12.6 Å². The van der Waals surface area contributed by atoms with E-state index in [2.05, 4.69) is 10.3 Å². The van der Waals surface area contributed by atoms with E-state index in [1.807, 2.05) is 0 Å². The number of hydrogen-bond donors (Lipinski definition) is 1. The molecule has 6 heteroatoms. The third-order valence-electron chi connectivity index (χ3n) is 2.61. The molecule has 0 aliphatic rings. The minimum absolute atomic E-state index is 0.127. The molecule has 2 aromatic rings. The average Bonchev–Trinajstić information content (AvgIpc) is 2.92. The maximum atomic E-state index is 11.6. The van der Waals surface area contributed by atoms with Crippen molar-refractivity contribution in [2.45, 2.75) is 13.5 Å². The largest absolute Gasteiger partial charge is 0.465 e. The molecular formula is C14H15N3O3. The van der Waals surface area contributed by atoms with Crippen LogP contribution in [0.4, 0.5) is 0 Å². The van der Waals surface area contributed by atoms with E-state index in [1.54, 1.807) is 25.1 Å². The van der Waals surface area contributed by atoms with Gasteiger partial charge in [0.2, 0.25) is 5.91 Å². The maximum Gasteiger partial charge on any atom is 0.253 e. The topological polar surface area (TPSA) is 77.1 Å². The minimum Gasteiger partial charge on any atom is -0.465 e. The van der Waals surface area contributed by atoms with Crippen LogP contribution in [0, 0.1) is 6.92 Å². The normalized spacial score (nSPS) is 10.8. The predicted octanol–water partition coefficient (Wildman–Crippen LogP) is 0.974. The van der Waals surface area contributed by atoms with Crippen molar-refractivity contribution >= 4 is 12.0 Å². The summed E-state index contributed by atoms with van der Waals surface area (Å²) in [7, 11) is 0. The quantitative estimate of drug-likeness (QED) is 0.824. The average molecular weight is 273 g/mol. The number of carbonyl (C=O) groups excluding carboxylic acids is 1. The van der Waals surface area contributed by atoms with Crippen molar-refractivity contribution in [1.82, 2.24) is 14.9 Å². The Balaban J connectivity index is 1.81. The molecule has 0 aromatic carbocycles. The van der Waals surface area contributed by atoms with Crippen LogP contribution in [-0.2, 0) is 11.3 Å². The lowest BCUT2D eigenvalue weighted by Gasteiger charge is -2.05. The van der Waals surface area contributed by atoms with Gasteiger partial charge in [-0.05, 0) is 25.1 Å². The van der Waals surface area contributed by atoms with Crippen LogP contribution < -0.4 is 10.9 Å². The summed E-state index contributed by atoms with van der Waals surface area (Å²) in [6, 6.07) is 4.95. The third-order valence-corrected chi connectivity index (χ3v) is 2.61. The van der Waals surface area contributed by atoms with Gasteiger partial charge in [-0.25, -0.2) is 4.98 Å². The lowest BCUT2D eigenvalue weighted by Crippen LogP contribution is -2.29. The van der Waals surface area contributed by atoms with Crippen molar-refractivity contribution in [2.75, 3.05) is 6.54 Å². The molecule has 0 saturated carbocycles. The molecule has 0 fully saturated rings. The number of hydrogen-bond acceptors (Lipinski definition) is 4. The second-order valence-corrected chi connectivity index (χ2v) is 4.20. The standard InChI is InChI=1S/C14H15N3O3/c1-11-9-14(19)17(10-16-11)7-6-15-13(18)5-4-12-3-2-8-20-12/h2-5,8-10H,6-7H2,1H3,(H,15,18). The van der Waals surface area contributed by atoms with E-state index in [1.165, 1.54) is 29.3 Å². The van der Waals surface area contributed by atoms with Gasteiger partial charge in [0.15, 0.2) is 0 Å². The van der Waals surface area contributed by atoms with Crippen molar-refractivity contribution in [3.8, 4) is 0 Å². The molecule has 1 amide bonds. The zero-order chi connectivity index (χ0) is 14.4. The minimum atomic E-state index is -0.241. The van der Waals surface area contributed by atoms with Crippen LogP contribution in [0.1, 0.15) is 11.5 Å². The summed E-state index contributed by atoms with van der Waals surface area (Å²) in [5, 5.41) is 2.68. The number of aryl methyl sites for hydroxylation is 1. The maximum absolute atomic E-state index is 11.6. The fraction of sp³-hybridized carbons (Fsp3) is 0.214. The fourth-order valence-electron chi connectivity index (χ4n) is 1.59. The molecule has 2 rings (SSSR count). The monoisotopic (exact) mass is 273 g/mol. The van der Waals surface area contributed by atoms with Crippen molar-refractivity contribution in [3.63, 3.8) is 0 Å². The summed E-state index contributed by atoms with van der Waals surface area (Å²) in [6.07, 6.45) is 5.97. The highest BCUT2D eigenvalue weighted by molar-refractivity contribution is 5.91. The lowest BCUT2D eigenvalue weighted by molar-refractivity contribution is -0.116. The molecule has 0 spiro atoms. The van der Waals surface area contributed by atoms with E-state index in [4.69, 9.17) is 4.42 Å². The van der Waals surface area contributed by atoms with Gasteiger partial charge in [0.1, 0.15) is 5.76 Å². The fourth-order valence-corrected chi connectivity index (χ4v) is 1.59. The highest BCUT2D eigenvalue weighted by Crippen LogP contribution is 2.01. The van der Waals surface area contributed by atoms with Crippen LogP contribution in [0.3, 0.4) is 0 Å². The number of nitrogens with one attached hydrogen (secondary N) is 1. The molecule has 0 atom stereocenters. The van der Waals surface area contributed by atoms with Gasteiger partial charge in [-0.15, -0.1) is 0 Å². The molecule has 2 aromatic heterocycles. The number of nitrogens with zero attached hydrogens (tertiary/aromatic N) is 2. The first kappa shape index (κ1) is 13.8. The SMILES string of the molecule is Cc1cc(=O)n(CCNC(=O)C=Cc2ccco2)cn1. The Bertz CT molecular complexity index is 657. The summed E-state index contributed by atoms with van der Waals surface area (Å²) < 4.78 is 6.51. The molecular weight excluding hydrogens is 258 g/mol. The molecule has 1 N–H and O–H groups in total. The van der Waals surface area contributed by atoms with Crippen LogP contribution in [0.2, 0.25) is 0 Å². The summed E-state index contributed by atoms with van der Waals surface area (Å²) in [6.45, 7) is 2.49. The Morgan fingerprint density at radius 2 is 2.40 bits per heavy atom. The first-order chi connectivity index (χ1) is 9.65. The Morgan fingerprint density at radius 3 is 3.10 bits per heavy atom. The highest BCUT2D eigenvalue weighted by atomic mass is 16.3. The zero-order valence-corrected chi connectivity index (χ0v) is 11.1. The smallest absolute Gasteiger partial charge is 0.253 e. The van der Waals surface area contributed by atoms with Gasteiger partial charge in [-0.3, -0.25) is 14.2 Å². The van der Waals surface area contributed by atoms with Crippen LogP contribution in [0.15, 0.2) is 46.1 Å². The van der Waals surface area contributed by atoms with Crippen LogP contribution in [0.5, 0.6) is 0 Å². The third kappa shape index (κ3) is 3.94. The molecule has 0 aliphatic carbocycles. The number of aromatic nitrogens is 2. The van der Waals surface area contributed by atoms with E-state index < -0.39 is 0 Å². The van der Waals surface area contributed by atoms with E-state index in [-0.39, 0.29) is 11.5 Å². The molecule has 0 unspecified atom stereocenters. The lowest BCUT2D eigenvalue weighted by atomic mass is 10.4. The molecule has 104 valence electrons. The predicted molar refractivity (Wildman–Crippen MR) is 74.0 cm³/mol. The first-order valence-corrected chi connectivity index (χ1v) is 6.17. The molecule has 0 aliphatic heterocycles. The second kappa shape index (κ2) is 6.51. The Labute approximate surface area is 115 Å². The van der Waals surface area contributed by atoms with Gasteiger partial charge in [-0.2, -0.15) is 0 Å². The van der Waals surface area contributed by atoms with Gasteiger partial charge < -0.3 is 9.73 Å². The molecule has 0 saturated heterocycles. The molecule has 2 heterocycles. The van der Waals surface area contributed by atoms with Crippen molar-refractivity contribution in [3.05, 3.63) is 58.7 Å². The van der Waals surface area contributed by atoms with E-state index in [9.17, 15) is 9.59 Å². The van der Waals surface area contributed by atoms with Gasteiger partial charge >= 0.3 is 0 Å². The van der Waals surface area contributed by atoms with Crippen molar-refractivity contribution in [2.24, 2.45) is 0 Å². The van der Waals surface area contributed by atoms with Gasteiger partial charge in [0, 0.05) is 30.9 Å². The van der Waals surface area contributed by atoms with E-state index in [0.29, 0.717) is 24.5 Å². The van der Waals surface area contributed by atoms with Crippen molar-refractivity contribution in [1.29, 1.82) is 0 Å². The molecule has 20 heavy (non-hydrogen) atoms. The number of amides is 1. The van der Waals surface area contributed by atoms with Crippen LogP contribution >= 0.6 is 0 Å². The zero-order valence-electron chi connectivity index (χ0n) is 11.1. The Kier molecular flexibility index (Phi) is 4.49. The van der Waals surface area contributed by atoms with E-state index >= 15 is 0 Å². The summed E-state index contributed by atoms with van der Waals surface area (Å²) in [4.78, 5) is 27.1. The Hall–Kier alpha value is -2.63. The van der Waals surface area contributed by atoms with Crippen molar-refractivity contribution < 1.29 is 9.21 Å².